The highest BCUT2D eigenvalue weighted by Crippen LogP contribution is 2.67. The third-order valence-electron chi connectivity index (χ3n) is 10.5. The van der Waals surface area contributed by atoms with E-state index in [1.807, 2.05) is 0 Å². The van der Waals surface area contributed by atoms with Crippen molar-refractivity contribution in [3.8, 4) is 11.5 Å². The number of halogens is 11. The molecule has 6 unspecified atom stereocenters. The van der Waals surface area contributed by atoms with Crippen molar-refractivity contribution >= 4 is 69.9 Å². The number of amides is 4. The Balaban J connectivity index is 1.41. The third-order valence-corrected chi connectivity index (χ3v) is 12.2. The van der Waals surface area contributed by atoms with E-state index in [-0.39, 0.29) is 33.2 Å². The Kier molecular flexibility index (Phi) is 8.89. The number of hydrogen-bond donors (Lipinski definition) is 1. The molecule has 0 radical (unpaired) electrons. The average molecular weight is 840 g/mol. The molecule has 290 valence electrons. The number of methoxy groups -OCH3 is 1. The maximum Gasteiger partial charge on any atom is 0.433 e. The zero-order valence-electron chi connectivity index (χ0n) is 27.6. The molecule has 2 saturated heterocycles. The van der Waals surface area contributed by atoms with Crippen molar-refractivity contribution in [2.45, 2.75) is 34.7 Å². The second-order valence-corrected chi connectivity index (χ2v) is 14.7. The zero-order valence-corrected chi connectivity index (χ0v) is 29.9. The smallest absolute Gasteiger partial charge is 0.433 e. The molecule has 21 heteroatoms. The first-order valence-corrected chi connectivity index (χ1v) is 17.0. The Morgan fingerprint density at radius 1 is 0.909 bits per heavy atom. The van der Waals surface area contributed by atoms with Gasteiger partial charge in [0.25, 0.3) is 23.6 Å². The summed E-state index contributed by atoms with van der Waals surface area (Å²) in [6.45, 7) is 0. The first-order valence-electron chi connectivity index (χ1n) is 15.8. The van der Waals surface area contributed by atoms with E-state index in [1.165, 1.54) is 18.2 Å². The number of hydrazine groups is 1. The Labute approximate surface area is 318 Å². The van der Waals surface area contributed by atoms with Crippen LogP contribution in [0.4, 0.5) is 46.6 Å². The van der Waals surface area contributed by atoms with Gasteiger partial charge in [0.05, 0.1) is 24.0 Å². The Morgan fingerprint density at radius 2 is 1.53 bits per heavy atom. The van der Waals surface area contributed by atoms with Gasteiger partial charge >= 0.3 is 6.18 Å². The third kappa shape index (κ3) is 5.09. The molecule has 3 aromatic rings. The van der Waals surface area contributed by atoms with E-state index >= 15 is 8.78 Å². The first kappa shape index (κ1) is 38.6. The van der Waals surface area contributed by atoms with Crippen LogP contribution in [0.1, 0.15) is 30.0 Å². The highest BCUT2D eigenvalue weighted by Gasteiger charge is 2.77. The number of ether oxygens (including phenoxy) is 1. The number of phenolic OH excluding ortho intramolecular Hbond substituents is 1. The Hall–Kier alpha value is -4.68. The second-order valence-electron chi connectivity index (χ2n) is 13.1. The van der Waals surface area contributed by atoms with Gasteiger partial charge in [-0.2, -0.15) is 18.2 Å². The normalized spacial score (nSPS) is 27.6. The van der Waals surface area contributed by atoms with Gasteiger partial charge in [-0.15, -0.1) is 23.2 Å². The lowest BCUT2D eigenvalue weighted by molar-refractivity contribution is -0.141. The van der Waals surface area contributed by atoms with Gasteiger partial charge in [-0.1, -0.05) is 29.3 Å². The fourth-order valence-corrected chi connectivity index (χ4v) is 9.22. The molecule has 55 heavy (non-hydrogen) atoms. The molecule has 3 heterocycles. The highest BCUT2D eigenvalue weighted by molar-refractivity contribution is 6.58. The van der Waals surface area contributed by atoms with Gasteiger partial charge in [0.2, 0.25) is 5.82 Å². The van der Waals surface area contributed by atoms with Crippen molar-refractivity contribution < 1.29 is 64.1 Å². The zero-order chi connectivity index (χ0) is 40.4. The largest absolute Gasteiger partial charge is 0.508 e. The van der Waals surface area contributed by atoms with Crippen LogP contribution in [0.3, 0.4) is 0 Å². The van der Waals surface area contributed by atoms with Gasteiger partial charge in [-0.25, -0.2) is 31.8 Å². The molecule has 3 fully saturated rings. The number of fused-ring (bicyclic) bond motifs is 4. The molecule has 1 N–H and O–H groups in total. The minimum Gasteiger partial charge on any atom is -0.508 e. The molecule has 0 bridgehead atoms. The maximum atomic E-state index is 15.3. The van der Waals surface area contributed by atoms with Crippen LogP contribution in [0.2, 0.25) is 5.02 Å². The van der Waals surface area contributed by atoms with Crippen LogP contribution in [0.5, 0.6) is 11.5 Å². The van der Waals surface area contributed by atoms with Crippen LogP contribution in [0.25, 0.3) is 0 Å². The molecular formula is C34H21Cl3F8N4O6. The van der Waals surface area contributed by atoms with Crippen LogP contribution >= 0.6 is 34.8 Å². The van der Waals surface area contributed by atoms with Crippen molar-refractivity contribution in [2.75, 3.05) is 24.1 Å². The van der Waals surface area contributed by atoms with Crippen LogP contribution in [-0.4, -0.2) is 62.6 Å². The summed E-state index contributed by atoms with van der Waals surface area (Å²) in [5, 5.41) is 12.0. The van der Waals surface area contributed by atoms with Crippen LogP contribution in [0.15, 0.2) is 42.0 Å². The van der Waals surface area contributed by atoms with E-state index in [0.717, 1.165) is 26.3 Å². The van der Waals surface area contributed by atoms with Crippen molar-refractivity contribution in [3.63, 3.8) is 0 Å². The van der Waals surface area contributed by atoms with Crippen LogP contribution < -0.4 is 14.6 Å². The number of benzene rings is 2. The lowest BCUT2D eigenvalue weighted by Gasteiger charge is -2.50. The molecule has 2 aliphatic carbocycles. The second kappa shape index (κ2) is 12.7. The van der Waals surface area contributed by atoms with Gasteiger partial charge < -0.3 is 9.84 Å². The van der Waals surface area contributed by atoms with E-state index in [1.54, 1.807) is 0 Å². The molecule has 0 spiro atoms. The van der Waals surface area contributed by atoms with Gasteiger partial charge in [0.1, 0.15) is 22.9 Å². The lowest BCUT2D eigenvalue weighted by atomic mass is 9.56. The summed E-state index contributed by atoms with van der Waals surface area (Å²) in [4.78, 5) is 54.3. The Morgan fingerprint density at radius 3 is 2.13 bits per heavy atom. The summed E-state index contributed by atoms with van der Waals surface area (Å²) in [5.41, 5.74) is -3.76. The van der Waals surface area contributed by atoms with Crippen molar-refractivity contribution in [1.82, 2.24) is 9.99 Å². The predicted molar refractivity (Wildman–Crippen MR) is 176 cm³/mol. The molecule has 4 amide bonds. The molecule has 7 rings (SSSR count). The number of carbonyl (C=O) groups excluding carboxylic acids is 4. The van der Waals surface area contributed by atoms with Crippen molar-refractivity contribution in [2.24, 2.45) is 17.8 Å². The number of aromatic nitrogens is 1. The number of nitrogens with zero attached hydrogens (tertiary/aromatic N) is 4. The monoisotopic (exact) mass is 838 g/mol. The molecule has 2 aromatic carbocycles. The molecule has 4 aliphatic rings. The molecule has 6 atom stereocenters. The van der Waals surface area contributed by atoms with E-state index in [0.29, 0.717) is 16.1 Å². The van der Waals surface area contributed by atoms with E-state index in [4.69, 9.17) is 39.5 Å². The first-order chi connectivity index (χ1) is 25.6. The summed E-state index contributed by atoms with van der Waals surface area (Å²) in [6, 6.07) is 5.13. The van der Waals surface area contributed by atoms with E-state index in [2.05, 4.69) is 4.98 Å². The van der Waals surface area contributed by atoms with E-state index < -0.39 is 122 Å². The topological polar surface area (TPSA) is 120 Å². The number of alkyl halides is 5. The summed E-state index contributed by atoms with van der Waals surface area (Å²) >= 11 is 20.3. The number of allylic oxidation sites excluding steroid dienone is 2. The maximum absolute atomic E-state index is 15.3. The standard InChI is InChI=1S/C34H21Cl3F8N4O6/c1-47(27-14(35)8-9-17(46-27)34(43,44)45)49-28(51)12-7-6-11-13(18(12)29(49)52)10-32(36)30(53)48(26-24(41)22(39)21(38)23(40)25(26)42)31(54)33(32,37)20(11)19-15(50)4-3-5-16(19)55-2/h3-6,8-9,12-13,18,20,50H,7,10H2,1-2H3. The SMILES string of the molecule is COc1cccc(O)c1C1C2=CCC3C(=O)N(N(C)c4nc(C(F)(F)F)ccc4Cl)C(=O)C3C2CC2(Cl)C(=O)N(c3c(F)c(F)c(F)c(F)c3F)C(=O)C12Cl. The van der Waals surface area contributed by atoms with Gasteiger partial charge in [0.15, 0.2) is 38.8 Å². The number of hydrogen-bond acceptors (Lipinski definition) is 8. The molecule has 2 aliphatic heterocycles. The van der Waals surface area contributed by atoms with Gasteiger partial charge in [-0.05, 0) is 43.0 Å². The fraction of sp³-hybridized carbons (Fsp3) is 0.324. The predicted octanol–water partition coefficient (Wildman–Crippen LogP) is 6.78. The number of anilines is 2. The summed E-state index contributed by atoms with van der Waals surface area (Å²) in [7, 11) is 2.18. The van der Waals surface area contributed by atoms with Gasteiger partial charge in [-0.3, -0.25) is 24.2 Å². The molecule has 10 nitrogen and oxygen atoms in total. The summed E-state index contributed by atoms with van der Waals surface area (Å²) in [6.07, 6.45) is -4.79. The Bertz CT molecular complexity index is 2270. The quantitative estimate of drug-likeness (QED) is 0.0747. The lowest BCUT2D eigenvalue weighted by Crippen LogP contribution is -2.60. The minimum atomic E-state index is -4.95. The number of aromatic hydroxyl groups is 1. The molecule has 1 saturated carbocycles. The fourth-order valence-electron chi connectivity index (χ4n) is 8.07. The van der Waals surface area contributed by atoms with Crippen molar-refractivity contribution in [1.29, 1.82) is 0 Å². The van der Waals surface area contributed by atoms with Crippen molar-refractivity contribution in [3.05, 3.63) is 87.3 Å². The van der Waals surface area contributed by atoms with Gasteiger partial charge in [0, 0.05) is 18.5 Å². The number of pyridine rings is 1. The minimum absolute atomic E-state index is 0.0198. The number of rotatable bonds is 5. The van der Waals surface area contributed by atoms with Crippen LogP contribution in [0, 0.1) is 46.8 Å². The average Bonchev–Trinajstić information content (AvgIpc) is 3.47. The van der Waals surface area contributed by atoms with Crippen LogP contribution in [-0.2, 0) is 25.4 Å². The number of phenols is 1. The number of carbonyl (C=O) groups is 4. The van der Waals surface area contributed by atoms with E-state index in [9.17, 15) is 50.6 Å². The summed E-state index contributed by atoms with van der Waals surface area (Å²) < 4.78 is 120. The molecule has 1 aromatic heterocycles. The highest BCUT2D eigenvalue weighted by atomic mass is 35.5. The summed E-state index contributed by atoms with van der Waals surface area (Å²) in [5.74, 6) is -25.9. The molecular weight excluding hydrogens is 819 g/mol. The number of imide groups is 2.